The minimum absolute atomic E-state index is 0.147. The first-order chi connectivity index (χ1) is 8.25. The molecule has 2 aromatic rings. The minimum atomic E-state index is -0.701. The van der Waals surface area contributed by atoms with Crippen LogP contribution in [0.25, 0.3) is 0 Å². The highest BCUT2D eigenvalue weighted by Crippen LogP contribution is 2.09. The van der Waals surface area contributed by atoms with Crippen molar-refractivity contribution in [1.29, 1.82) is 0 Å². The Morgan fingerprint density at radius 2 is 1.88 bits per heavy atom. The molecule has 1 aromatic carbocycles. The molecule has 86 valence electrons. The number of rotatable bonds is 2. The predicted octanol–water partition coefficient (Wildman–Crippen LogP) is 1.99. The lowest BCUT2D eigenvalue weighted by Gasteiger charge is -2.05. The van der Waals surface area contributed by atoms with Gasteiger partial charge in [0.05, 0.1) is 0 Å². The first-order valence-corrected chi connectivity index (χ1v) is 4.97. The lowest BCUT2D eigenvalue weighted by molar-refractivity contribution is 0.215. The molecule has 0 bridgehead atoms. The van der Waals surface area contributed by atoms with Crippen LogP contribution in [0.4, 0.5) is 10.5 Å². The molecule has 2 rings (SSSR count). The molecule has 0 aliphatic carbocycles. The maximum absolute atomic E-state index is 11.4. The summed E-state index contributed by atoms with van der Waals surface area (Å²) in [5.74, 6) is 0.414. The quantitative estimate of drug-likeness (QED) is 0.828. The average Bonchev–Trinajstić information content (AvgIpc) is 2.33. The second kappa shape index (κ2) is 4.98. The molecule has 0 radical (unpaired) electrons. The Morgan fingerprint density at radius 1 is 1.12 bits per heavy atom. The number of para-hydroxylation sites is 1. The van der Waals surface area contributed by atoms with Crippen LogP contribution < -0.4 is 15.6 Å². The Kier molecular flexibility index (Phi) is 3.20. The first kappa shape index (κ1) is 10.9. The number of aromatic amines is 1. The average molecular weight is 230 g/mol. The minimum Gasteiger partial charge on any atom is -0.410 e. The van der Waals surface area contributed by atoms with Gasteiger partial charge in [0.15, 0.2) is 0 Å². The number of H-pyrrole nitrogens is 1. The number of pyridine rings is 1. The van der Waals surface area contributed by atoms with E-state index in [1.54, 1.807) is 30.3 Å². The number of carbonyl (C=O) groups is 1. The van der Waals surface area contributed by atoms with Crippen LogP contribution in [0.3, 0.4) is 0 Å². The van der Waals surface area contributed by atoms with Crippen LogP contribution in [0.15, 0.2) is 53.5 Å². The summed E-state index contributed by atoms with van der Waals surface area (Å²) in [6.45, 7) is 0. The molecule has 0 spiro atoms. The maximum Gasteiger partial charge on any atom is 0.417 e. The Hall–Kier alpha value is -2.56. The lowest BCUT2D eigenvalue weighted by atomic mass is 10.3. The van der Waals surface area contributed by atoms with Crippen LogP contribution in [0, 0.1) is 0 Å². The fourth-order valence-electron chi connectivity index (χ4n) is 1.25. The van der Waals surface area contributed by atoms with E-state index in [1.165, 1.54) is 12.3 Å². The van der Waals surface area contributed by atoms with Gasteiger partial charge in [0.2, 0.25) is 0 Å². The molecule has 0 atom stereocenters. The Morgan fingerprint density at radius 3 is 2.59 bits per heavy atom. The molecule has 17 heavy (non-hydrogen) atoms. The monoisotopic (exact) mass is 230 g/mol. The number of anilines is 1. The molecule has 0 saturated carbocycles. The largest absolute Gasteiger partial charge is 0.417 e. The van der Waals surface area contributed by atoms with Gasteiger partial charge in [-0.15, -0.1) is 0 Å². The third-order valence-electron chi connectivity index (χ3n) is 2.01. The fourth-order valence-corrected chi connectivity index (χ4v) is 1.25. The first-order valence-electron chi connectivity index (χ1n) is 4.97. The van der Waals surface area contributed by atoms with Crippen molar-refractivity contribution in [3.8, 4) is 5.75 Å². The van der Waals surface area contributed by atoms with Gasteiger partial charge in [-0.05, 0) is 24.3 Å². The third-order valence-corrected chi connectivity index (χ3v) is 2.01. The van der Waals surface area contributed by atoms with Gasteiger partial charge in [-0.25, -0.2) is 4.79 Å². The number of aromatic nitrogens is 1. The van der Waals surface area contributed by atoms with Gasteiger partial charge in [0.25, 0.3) is 5.56 Å². The molecule has 1 amide bonds. The van der Waals surface area contributed by atoms with Gasteiger partial charge in [-0.1, -0.05) is 18.2 Å². The molecule has 0 aliphatic heterocycles. The second-order valence-corrected chi connectivity index (χ2v) is 3.24. The molecule has 0 saturated heterocycles. The number of benzene rings is 1. The Balaban J connectivity index is 2.04. The zero-order valence-corrected chi connectivity index (χ0v) is 8.84. The van der Waals surface area contributed by atoms with Crippen molar-refractivity contribution < 1.29 is 9.53 Å². The van der Waals surface area contributed by atoms with Crippen LogP contribution >= 0.6 is 0 Å². The van der Waals surface area contributed by atoms with Gasteiger partial charge in [-0.2, -0.15) is 0 Å². The van der Waals surface area contributed by atoms with Crippen LogP contribution in [-0.2, 0) is 0 Å². The van der Waals surface area contributed by atoms with Gasteiger partial charge < -0.3 is 9.72 Å². The summed E-state index contributed by atoms with van der Waals surface area (Å²) in [7, 11) is 0. The fraction of sp³-hybridized carbons (Fsp3) is 0. The molecule has 0 fully saturated rings. The van der Waals surface area contributed by atoms with E-state index < -0.39 is 6.09 Å². The summed E-state index contributed by atoms with van der Waals surface area (Å²) in [6, 6.07) is 11.7. The molecule has 0 aliphatic rings. The molecule has 5 nitrogen and oxygen atoms in total. The summed E-state index contributed by atoms with van der Waals surface area (Å²) in [4.78, 5) is 25.2. The van der Waals surface area contributed by atoms with Crippen molar-refractivity contribution in [3.63, 3.8) is 0 Å². The van der Waals surface area contributed by atoms with Crippen molar-refractivity contribution in [2.75, 3.05) is 5.32 Å². The van der Waals surface area contributed by atoms with Crippen LogP contribution in [0.5, 0.6) is 5.75 Å². The van der Waals surface area contributed by atoms with Crippen molar-refractivity contribution >= 4 is 11.8 Å². The van der Waals surface area contributed by atoms with E-state index in [9.17, 15) is 9.59 Å². The van der Waals surface area contributed by atoms with Crippen LogP contribution in [0.2, 0.25) is 0 Å². The molecule has 5 heteroatoms. The molecule has 2 N–H and O–H groups in total. The predicted molar refractivity (Wildman–Crippen MR) is 63.2 cm³/mol. The van der Waals surface area contributed by atoms with Crippen molar-refractivity contribution in [1.82, 2.24) is 4.98 Å². The number of hydrogen-bond acceptors (Lipinski definition) is 3. The Labute approximate surface area is 97.1 Å². The summed E-state index contributed by atoms with van der Waals surface area (Å²) in [6.07, 6.45) is 0.781. The van der Waals surface area contributed by atoms with Gasteiger partial charge in [0.1, 0.15) is 11.4 Å². The van der Waals surface area contributed by atoms with E-state index in [1.807, 2.05) is 6.07 Å². The number of amides is 1. The molecule has 0 unspecified atom stereocenters. The lowest BCUT2D eigenvalue weighted by Crippen LogP contribution is -2.22. The van der Waals surface area contributed by atoms with E-state index in [0.717, 1.165) is 0 Å². The normalized spacial score (nSPS) is 9.65. The highest BCUT2D eigenvalue weighted by Gasteiger charge is 2.06. The number of nitrogens with one attached hydrogen (secondary N) is 2. The zero-order valence-electron chi connectivity index (χ0n) is 8.84. The van der Waals surface area contributed by atoms with Gasteiger partial charge in [0, 0.05) is 6.20 Å². The Bertz CT molecular complexity index is 563. The number of hydrogen-bond donors (Lipinski definition) is 2. The van der Waals surface area contributed by atoms with E-state index in [-0.39, 0.29) is 11.2 Å². The standard InChI is InChI=1S/C12H10N2O3/c15-11-10(7-4-8-13-11)14-12(16)17-9-5-2-1-3-6-9/h1-8H,(H,13,15)(H,14,16). The number of ether oxygens (including phenoxy) is 1. The van der Waals surface area contributed by atoms with Crippen molar-refractivity contribution in [2.45, 2.75) is 0 Å². The SMILES string of the molecule is O=C(Nc1ccc[nH]c1=O)Oc1ccccc1. The summed E-state index contributed by atoms with van der Waals surface area (Å²) >= 11 is 0. The third kappa shape index (κ3) is 2.94. The second-order valence-electron chi connectivity index (χ2n) is 3.24. The van der Waals surface area contributed by atoms with E-state index in [0.29, 0.717) is 5.75 Å². The van der Waals surface area contributed by atoms with E-state index in [4.69, 9.17) is 4.74 Å². The zero-order chi connectivity index (χ0) is 12.1. The van der Waals surface area contributed by atoms with E-state index in [2.05, 4.69) is 10.3 Å². The van der Waals surface area contributed by atoms with E-state index >= 15 is 0 Å². The van der Waals surface area contributed by atoms with Crippen molar-refractivity contribution in [3.05, 3.63) is 59.0 Å². The van der Waals surface area contributed by atoms with Gasteiger partial charge >= 0.3 is 6.09 Å². The smallest absolute Gasteiger partial charge is 0.410 e. The van der Waals surface area contributed by atoms with Crippen molar-refractivity contribution in [2.24, 2.45) is 0 Å². The summed E-state index contributed by atoms with van der Waals surface area (Å²) < 4.78 is 4.97. The maximum atomic E-state index is 11.4. The van der Waals surface area contributed by atoms with Crippen LogP contribution in [-0.4, -0.2) is 11.1 Å². The van der Waals surface area contributed by atoms with Gasteiger partial charge in [-0.3, -0.25) is 10.1 Å². The highest BCUT2D eigenvalue weighted by molar-refractivity contribution is 5.85. The number of carbonyl (C=O) groups excluding carboxylic acids is 1. The topological polar surface area (TPSA) is 71.2 Å². The highest BCUT2D eigenvalue weighted by atomic mass is 16.6. The molecule has 1 aromatic heterocycles. The molecular weight excluding hydrogens is 220 g/mol. The molecule has 1 heterocycles. The summed E-state index contributed by atoms with van der Waals surface area (Å²) in [5.41, 5.74) is -0.231. The van der Waals surface area contributed by atoms with Crippen LogP contribution in [0.1, 0.15) is 0 Å². The summed E-state index contributed by atoms with van der Waals surface area (Å²) in [5, 5.41) is 2.35. The molecular formula is C12H10N2O3.